The van der Waals surface area contributed by atoms with Gasteiger partial charge in [0, 0.05) is 6.04 Å². The molecule has 0 heterocycles. The molecule has 0 amide bonds. The number of hydrogen-bond donors (Lipinski definition) is 1. The molecule has 3 unspecified atom stereocenters. The zero-order chi connectivity index (χ0) is 12.1. The van der Waals surface area contributed by atoms with Crippen LogP contribution >= 0.6 is 0 Å². The summed E-state index contributed by atoms with van der Waals surface area (Å²) >= 11 is 0. The molecule has 3 atom stereocenters. The Morgan fingerprint density at radius 1 is 1.38 bits per heavy atom. The number of hydrogen-bond acceptors (Lipinski definition) is 2. The summed E-state index contributed by atoms with van der Waals surface area (Å²) in [6.07, 6.45) is 4.06. The Morgan fingerprint density at radius 2 is 2.06 bits per heavy atom. The van der Waals surface area contributed by atoms with Crippen LogP contribution in [0.25, 0.3) is 0 Å². The average molecular weight is 227 g/mol. The summed E-state index contributed by atoms with van der Waals surface area (Å²) in [5, 5.41) is 9.28. The molecule has 94 valence electrons. The first-order chi connectivity index (χ1) is 7.60. The molecular formula is C13H25NO2. The highest BCUT2D eigenvalue weighted by atomic mass is 16.4. The highest BCUT2D eigenvalue weighted by molar-refractivity contribution is 5.71. The summed E-state index contributed by atoms with van der Waals surface area (Å²) in [6, 6.07) is 0.256. The molecule has 3 nitrogen and oxygen atoms in total. The van der Waals surface area contributed by atoms with Crippen LogP contribution in [0.5, 0.6) is 0 Å². The van der Waals surface area contributed by atoms with Crippen LogP contribution in [-0.2, 0) is 4.79 Å². The van der Waals surface area contributed by atoms with Gasteiger partial charge in [-0.15, -0.1) is 0 Å². The van der Waals surface area contributed by atoms with Crippen LogP contribution in [-0.4, -0.2) is 35.1 Å². The van der Waals surface area contributed by atoms with E-state index in [1.165, 1.54) is 0 Å². The Hall–Kier alpha value is -0.570. The fourth-order valence-corrected chi connectivity index (χ4v) is 2.89. The minimum atomic E-state index is -0.605. The lowest BCUT2D eigenvalue weighted by molar-refractivity contribution is -0.146. The number of rotatable bonds is 5. The molecule has 0 aromatic heterocycles. The van der Waals surface area contributed by atoms with Crippen molar-refractivity contribution in [3.05, 3.63) is 0 Å². The lowest BCUT2D eigenvalue weighted by atomic mass is 9.78. The third-order valence-electron chi connectivity index (χ3n) is 3.78. The third kappa shape index (κ3) is 3.21. The monoisotopic (exact) mass is 227 g/mol. The predicted molar refractivity (Wildman–Crippen MR) is 65.5 cm³/mol. The minimum absolute atomic E-state index is 0.150. The van der Waals surface area contributed by atoms with Crippen molar-refractivity contribution in [2.45, 2.75) is 52.5 Å². The first-order valence-corrected chi connectivity index (χ1v) is 6.56. The summed E-state index contributed by atoms with van der Waals surface area (Å²) in [5.74, 6) is -0.0827. The van der Waals surface area contributed by atoms with Gasteiger partial charge in [0.2, 0.25) is 0 Å². The van der Waals surface area contributed by atoms with Crippen molar-refractivity contribution in [3.63, 3.8) is 0 Å². The quantitative estimate of drug-likeness (QED) is 0.785. The van der Waals surface area contributed by atoms with Crippen LogP contribution in [0.1, 0.15) is 46.5 Å². The molecule has 1 aliphatic rings. The van der Waals surface area contributed by atoms with Crippen molar-refractivity contribution in [1.82, 2.24) is 4.90 Å². The molecule has 0 aromatic rings. The highest BCUT2D eigenvalue weighted by Crippen LogP contribution is 2.32. The zero-order valence-electron chi connectivity index (χ0n) is 10.8. The fraction of sp³-hybridized carbons (Fsp3) is 0.923. The molecular weight excluding hydrogens is 202 g/mol. The third-order valence-corrected chi connectivity index (χ3v) is 3.78. The average Bonchev–Trinajstić information content (AvgIpc) is 2.25. The van der Waals surface area contributed by atoms with Gasteiger partial charge in [-0.1, -0.05) is 20.8 Å². The van der Waals surface area contributed by atoms with E-state index in [1.807, 2.05) is 0 Å². The molecule has 1 fully saturated rings. The van der Waals surface area contributed by atoms with Crippen molar-refractivity contribution in [2.24, 2.45) is 11.8 Å². The molecule has 0 spiro atoms. The van der Waals surface area contributed by atoms with Gasteiger partial charge in [0.1, 0.15) is 0 Å². The zero-order valence-corrected chi connectivity index (χ0v) is 10.8. The van der Waals surface area contributed by atoms with Crippen molar-refractivity contribution < 1.29 is 9.90 Å². The SMILES string of the molecule is CCCN(CC)C1CC(C)CCC1C(=O)O. The number of carboxylic acids is 1. The molecule has 1 aliphatic carbocycles. The Morgan fingerprint density at radius 3 is 2.56 bits per heavy atom. The second kappa shape index (κ2) is 6.24. The van der Waals surface area contributed by atoms with Gasteiger partial charge in [0.05, 0.1) is 5.92 Å². The maximum atomic E-state index is 11.3. The maximum absolute atomic E-state index is 11.3. The van der Waals surface area contributed by atoms with Crippen LogP contribution in [0.3, 0.4) is 0 Å². The first kappa shape index (κ1) is 13.5. The van der Waals surface area contributed by atoms with Crippen molar-refractivity contribution in [1.29, 1.82) is 0 Å². The van der Waals surface area contributed by atoms with Gasteiger partial charge >= 0.3 is 5.97 Å². The molecule has 16 heavy (non-hydrogen) atoms. The van der Waals surface area contributed by atoms with Gasteiger partial charge in [-0.3, -0.25) is 9.69 Å². The van der Waals surface area contributed by atoms with Crippen LogP contribution in [0.4, 0.5) is 0 Å². The van der Waals surface area contributed by atoms with Crippen LogP contribution in [0.2, 0.25) is 0 Å². The van der Waals surface area contributed by atoms with Gasteiger partial charge in [-0.2, -0.15) is 0 Å². The van der Waals surface area contributed by atoms with Crippen molar-refractivity contribution in [3.8, 4) is 0 Å². The molecule has 0 aromatic carbocycles. The molecule has 0 aliphatic heterocycles. The number of carboxylic acid groups (broad SMARTS) is 1. The Labute approximate surface area is 98.8 Å². The van der Waals surface area contributed by atoms with E-state index in [9.17, 15) is 9.90 Å². The Bertz CT molecular complexity index is 230. The van der Waals surface area contributed by atoms with Gasteiger partial charge in [0.25, 0.3) is 0 Å². The van der Waals surface area contributed by atoms with Crippen LogP contribution in [0.15, 0.2) is 0 Å². The van der Waals surface area contributed by atoms with E-state index >= 15 is 0 Å². The fourth-order valence-electron chi connectivity index (χ4n) is 2.89. The normalized spacial score (nSPS) is 30.6. The molecule has 0 radical (unpaired) electrons. The molecule has 3 heteroatoms. The van der Waals surface area contributed by atoms with Gasteiger partial charge in [-0.25, -0.2) is 0 Å². The summed E-state index contributed by atoms with van der Waals surface area (Å²) in [6.45, 7) is 8.52. The number of aliphatic carboxylic acids is 1. The highest BCUT2D eigenvalue weighted by Gasteiger charge is 2.36. The smallest absolute Gasteiger partial charge is 0.308 e. The van der Waals surface area contributed by atoms with Gasteiger partial charge in [-0.05, 0) is 44.7 Å². The van der Waals surface area contributed by atoms with E-state index in [0.29, 0.717) is 5.92 Å². The lowest BCUT2D eigenvalue weighted by Crippen LogP contribution is -2.47. The second-order valence-corrected chi connectivity index (χ2v) is 5.06. The van der Waals surface area contributed by atoms with E-state index in [0.717, 1.165) is 38.8 Å². The minimum Gasteiger partial charge on any atom is -0.481 e. The van der Waals surface area contributed by atoms with E-state index < -0.39 is 5.97 Å². The number of nitrogens with zero attached hydrogens (tertiary/aromatic N) is 1. The summed E-state index contributed by atoms with van der Waals surface area (Å²) in [4.78, 5) is 13.6. The van der Waals surface area contributed by atoms with Gasteiger partial charge in [0.15, 0.2) is 0 Å². The van der Waals surface area contributed by atoms with Crippen LogP contribution in [0, 0.1) is 11.8 Å². The standard InChI is InChI=1S/C13H25NO2/c1-4-8-14(5-2)12-9-10(3)6-7-11(12)13(15)16/h10-12H,4-9H2,1-3H3,(H,15,16). The molecule has 1 saturated carbocycles. The van der Waals surface area contributed by atoms with E-state index in [1.54, 1.807) is 0 Å². The van der Waals surface area contributed by atoms with Crippen molar-refractivity contribution in [2.75, 3.05) is 13.1 Å². The maximum Gasteiger partial charge on any atom is 0.308 e. The molecule has 0 bridgehead atoms. The van der Waals surface area contributed by atoms with E-state index in [-0.39, 0.29) is 12.0 Å². The van der Waals surface area contributed by atoms with Crippen LogP contribution < -0.4 is 0 Å². The first-order valence-electron chi connectivity index (χ1n) is 6.56. The summed E-state index contributed by atoms with van der Waals surface area (Å²) in [7, 11) is 0. The van der Waals surface area contributed by atoms with Gasteiger partial charge < -0.3 is 5.11 Å². The summed E-state index contributed by atoms with van der Waals surface area (Å²) in [5.41, 5.74) is 0. The van der Waals surface area contributed by atoms with E-state index in [2.05, 4.69) is 25.7 Å². The Balaban J connectivity index is 2.72. The predicted octanol–water partition coefficient (Wildman–Crippen LogP) is 2.61. The lowest BCUT2D eigenvalue weighted by Gasteiger charge is -2.39. The largest absolute Gasteiger partial charge is 0.481 e. The number of carbonyl (C=O) groups is 1. The molecule has 1 N–H and O–H groups in total. The molecule has 1 rings (SSSR count). The van der Waals surface area contributed by atoms with Crippen molar-refractivity contribution >= 4 is 5.97 Å². The summed E-state index contributed by atoms with van der Waals surface area (Å²) < 4.78 is 0. The van der Waals surface area contributed by atoms with E-state index in [4.69, 9.17) is 0 Å². The second-order valence-electron chi connectivity index (χ2n) is 5.06. The molecule has 0 saturated heterocycles. The Kier molecular flexibility index (Phi) is 5.26. The topological polar surface area (TPSA) is 40.5 Å².